The summed E-state index contributed by atoms with van der Waals surface area (Å²) in [6.45, 7) is 6.17. The summed E-state index contributed by atoms with van der Waals surface area (Å²) < 4.78 is 5.14. The largest absolute Gasteiger partial charge is 0.350 e. The summed E-state index contributed by atoms with van der Waals surface area (Å²) in [6, 6.07) is 11.6. The molecule has 0 radical (unpaired) electrons. The fourth-order valence-electron chi connectivity index (χ4n) is 2.87. The molecule has 0 saturated carbocycles. The summed E-state index contributed by atoms with van der Waals surface area (Å²) in [6.07, 6.45) is 6.62. The molecule has 0 atom stereocenters. The van der Waals surface area contributed by atoms with E-state index in [1.54, 1.807) is 11.1 Å². The average molecular weight is 364 g/mol. The number of benzene rings is 1. The van der Waals surface area contributed by atoms with Crippen molar-refractivity contribution in [3.63, 3.8) is 0 Å². The number of amides is 1. The van der Waals surface area contributed by atoms with Crippen LogP contribution in [0.5, 0.6) is 0 Å². The third-order valence-corrected chi connectivity index (χ3v) is 4.34. The predicted molar refractivity (Wildman–Crippen MR) is 105 cm³/mol. The summed E-state index contributed by atoms with van der Waals surface area (Å²) in [5, 5.41) is 8.46. The highest BCUT2D eigenvalue weighted by atomic mass is 16.5. The number of allylic oxidation sites excluding steroid dienone is 4. The monoisotopic (exact) mass is 364 g/mol. The maximum absolute atomic E-state index is 12.6. The Morgan fingerprint density at radius 2 is 2.15 bits per heavy atom. The minimum absolute atomic E-state index is 0.143. The number of carbonyl (C=O) groups excluding carboxylic acids is 1. The number of nitrogens with two attached hydrogens (primary N) is 1. The molecule has 27 heavy (non-hydrogen) atoms. The first kappa shape index (κ1) is 18.7. The lowest BCUT2D eigenvalue weighted by Crippen LogP contribution is -2.34. The number of hydrogen-bond donors (Lipinski definition) is 2. The van der Waals surface area contributed by atoms with Crippen LogP contribution in [0.4, 0.5) is 0 Å². The van der Waals surface area contributed by atoms with Crippen LogP contribution in [0, 0.1) is 0 Å². The van der Waals surface area contributed by atoms with Crippen LogP contribution in [-0.4, -0.2) is 16.1 Å². The second-order valence-corrected chi connectivity index (χ2v) is 6.58. The number of carbonyl (C=O) groups is 1. The summed E-state index contributed by atoms with van der Waals surface area (Å²) >= 11 is 0. The Bertz CT molecular complexity index is 881. The van der Waals surface area contributed by atoms with Gasteiger partial charge in [-0.2, -0.15) is 0 Å². The number of hydrazine groups is 1. The maximum atomic E-state index is 12.6. The third kappa shape index (κ3) is 4.74. The summed E-state index contributed by atoms with van der Waals surface area (Å²) in [5.74, 6) is 6.13. The Morgan fingerprint density at radius 3 is 2.85 bits per heavy atom. The molecule has 1 aliphatic carbocycles. The van der Waals surface area contributed by atoms with Gasteiger partial charge in [0.25, 0.3) is 5.91 Å². The van der Waals surface area contributed by atoms with Crippen molar-refractivity contribution < 1.29 is 9.32 Å². The number of nitrogens with one attached hydrogen (secondary N) is 1. The normalized spacial score (nSPS) is 14.0. The van der Waals surface area contributed by atoms with Gasteiger partial charge >= 0.3 is 0 Å². The van der Waals surface area contributed by atoms with Gasteiger partial charge in [0.1, 0.15) is 5.69 Å². The van der Waals surface area contributed by atoms with Crippen LogP contribution in [0.25, 0.3) is 5.57 Å². The molecule has 1 aliphatic rings. The molecule has 0 aliphatic heterocycles. The number of aromatic nitrogens is 1. The fraction of sp³-hybridized carbons (Fsp3) is 0.238. The van der Waals surface area contributed by atoms with Crippen molar-refractivity contribution in [1.29, 1.82) is 0 Å². The topological polar surface area (TPSA) is 84.4 Å². The van der Waals surface area contributed by atoms with E-state index in [4.69, 9.17) is 10.4 Å². The molecule has 0 spiro atoms. The molecule has 0 unspecified atom stereocenters. The Kier molecular flexibility index (Phi) is 5.88. The van der Waals surface area contributed by atoms with Gasteiger partial charge in [0.2, 0.25) is 5.76 Å². The van der Waals surface area contributed by atoms with Gasteiger partial charge < -0.3 is 14.8 Å². The quantitative estimate of drug-likeness (QED) is 0.602. The zero-order valence-electron chi connectivity index (χ0n) is 15.4. The molecule has 3 N–H and O–H groups in total. The van der Waals surface area contributed by atoms with Crippen molar-refractivity contribution in [2.45, 2.75) is 32.7 Å². The smallest absolute Gasteiger partial charge is 0.294 e. The highest BCUT2D eigenvalue weighted by Crippen LogP contribution is 2.21. The Hall–Kier alpha value is -3.12. The van der Waals surface area contributed by atoms with Crippen molar-refractivity contribution in [3.8, 4) is 0 Å². The zero-order chi connectivity index (χ0) is 19.2. The van der Waals surface area contributed by atoms with Crippen LogP contribution in [-0.2, 0) is 6.54 Å². The molecule has 1 aromatic carbocycles. The van der Waals surface area contributed by atoms with Gasteiger partial charge in [-0.1, -0.05) is 48.1 Å². The van der Waals surface area contributed by atoms with Crippen LogP contribution < -0.4 is 11.2 Å². The van der Waals surface area contributed by atoms with E-state index < -0.39 is 0 Å². The maximum Gasteiger partial charge on any atom is 0.294 e. The molecule has 6 nitrogen and oxygen atoms in total. The molecule has 1 heterocycles. The third-order valence-electron chi connectivity index (χ3n) is 4.34. The van der Waals surface area contributed by atoms with Gasteiger partial charge in [0.05, 0.1) is 17.9 Å². The minimum Gasteiger partial charge on any atom is -0.350 e. The second-order valence-electron chi connectivity index (χ2n) is 6.58. The molecular weight excluding hydrogens is 340 g/mol. The van der Waals surface area contributed by atoms with E-state index >= 15 is 0 Å². The lowest BCUT2D eigenvalue weighted by Gasteiger charge is -2.24. The van der Waals surface area contributed by atoms with Crippen LogP contribution in [0.1, 0.15) is 48.0 Å². The highest BCUT2D eigenvalue weighted by molar-refractivity contribution is 5.93. The van der Waals surface area contributed by atoms with E-state index in [1.165, 1.54) is 0 Å². The molecule has 0 fully saturated rings. The molecule has 0 saturated heterocycles. The first-order valence-electron chi connectivity index (χ1n) is 8.94. The van der Waals surface area contributed by atoms with E-state index in [0.717, 1.165) is 36.1 Å². The van der Waals surface area contributed by atoms with Gasteiger partial charge in [-0.05, 0) is 43.4 Å². The number of rotatable bonds is 6. The summed E-state index contributed by atoms with van der Waals surface area (Å²) in [7, 11) is 0. The summed E-state index contributed by atoms with van der Waals surface area (Å²) in [5.41, 5.74) is 3.98. The van der Waals surface area contributed by atoms with E-state index in [-0.39, 0.29) is 11.7 Å². The lowest BCUT2D eigenvalue weighted by atomic mass is 10.1. The number of hydrogen-bond acceptors (Lipinski definition) is 5. The molecular formula is C21H24N4O2. The zero-order valence-corrected chi connectivity index (χ0v) is 15.4. The molecule has 6 heteroatoms. The van der Waals surface area contributed by atoms with E-state index in [1.807, 2.05) is 49.4 Å². The van der Waals surface area contributed by atoms with Crippen molar-refractivity contribution >= 4 is 11.5 Å². The fourth-order valence-corrected chi connectivity index (χ4v) is 2.87. The van der Waals surface area contributed by atoms with Crippen molar-refractivity contribution in [2.24, 2.45) is 5.84 Å². The van der Waals surface area contributed by atoms with E-state index in [9.17, 15) is 4.79 Å². The Morgan fingerprint density at radius 1 is 1.37 bits per heavy atom. The molecule has 1 aromatic heterocycles. The average Bonchev–Trinajstić information content (AvgIpc) is 3.04. The van der Waals surface area contributed by atoms with Gasteiger partial charge in [0, 0.05) is 6.07 Å². The second kappa shape index (κ2) is 8.51. The van der Waals surface area contributed by atoms with Crippen molar-refractivity contribution in [2.75, 3.05) is 0 Å². The molecule has 2 aromatic rings. The minimum atomic E-state index is -0.359. The van der Waals surface area contributed by atoms with Gasteiger partial charge in [-0.25, -0.2) is 5.84 Å². The van der Waals surface area contributed by atoms with Crippen LogP contribution in [0.3, 0.4) is 0 Å². The SMILES string of the molecule is C=C(C)c1cc(C(=O)NC2=C(N(N)Cc3ccccc3)CCCC=C2)on1. The van der Waals surface area contributed by atoms with Crippen molar-refractivity contribution in [1.82, 2.24) is 15.5 Å². The lowest BCUT2D eigenvalue weighted by molar-refractivity contribution is 0.0929. The summed E-state index contributed by atoms with van der Waals surface area (Å²) in [4.78, 5) is 12.6. The molecule has 1 amide bonds. The molecule has 0 bridgehead atoms. The van der Waals surface area contributed by atoms with E-state index in [2.05, 4.69) is 17.1 Å². The van der Waals surface area contributed by atoms with E-state index in [0.29, 0.717) is 17.9 Å². The first-order chi connectivity index (χ1) is 13.0. The van der Waals surface area contributed by atoms with Gasteiger partial charge in [0.15, 0.2) is 0 Å². The van der Waals surface area contributed by atoms with Gasteiger partial charge in [-0.3, -0.25) is 4.79 Å². The predicted octanol–water partition coefficient (Wildman–Crippen LogP) is 3.77. The standard InChI is InChI=1S/C21H24N4O2/c1-15(2)18-13-20(27-24-18)21(26)23-17-11-7-4-8-12-19(17)25(22)14-16-9-5-3-6-10-16/h3,5-7,9-11,13H,1,4,8,12,14,22H2,2H3,(H,23,26). The first-order valence-corrected chi connectivity index (χ1v) is 8.94. The van der Waals surface area contributed by atoms with Crippen LogP contribution >= 0.6 is 0 Å². The van der Waals surface area contributed by atoms with Crippen LogP contribution in [0.2, 0.25) is 0 Å². The van der Waals surface area contributed by atoms with Crippen molar-refractivity contribution in [3.05, 3.63) is 83.5 Å². The molecule has 140 valence electrons. The number of nitrogens with zero attached hydrogens (tertiary/aromatic N) is 2. The molecule has 3 rings (SSSR count). The highest BCUT2D eigenvalue weighted by Gasteiger charge is 2.19. The Labute approximate surface area is 159 Å². The van der Waals surface area contributed by atoms with Crippen LogP contribution in [0.15, 0.2) is 71.0 Å². The Balaban J connectivity index is 1.81. The van der Waals surface area contributed by atoms with Gasteiger partial charge in [-0.15, -0.1) is 0 Å².